The maximum Gasteiger partial charge on any atom is 0.127 e. The summed E-state index contributed by atoms with van der Waals surface area (Å²) in [5.41, 5.74) is 0.742. The fourth-order valence-corrected chi connectivity index (χ4v) is 2.13. The Morgan fingerprint density at radius 3 is 3.17 bits per heavy atom. The second-order valence-electron chi connectivity index (χ2n) is 4.00. The predicted octanol–water partition coefficient (Wildman–Crippen LogP) is 0.691. The summed E-state index contributed by atoms with van der Waals surface area (Å²) < 4.78 is 43.2. The van der Waals surface area contributed by atoms with E-state index >= 15 is 0 Å². The topological polar surface area (TPSA) is 78.8 Å². The Hall–Kier alpha value is -1.02. The van der Waals surface area contributed by atoms with Crippen LogP contribution in [0.2, 0.25) is 0 Å². The number of hydrogen-bond acceptors (Lipinski definition) is 5. The number of rotatable bonds is 4. The van der Waals surface area contributed by atoms with E-state index in [9.17, 15) is 18.3 Å². The molecular formula is C11H12FO5S-. The fraction of sp³-hybridized carbons (Fsp3) is 0.455. The van der Waals surface area contributed by atoms with Gasteiger partial charge in [-0.1, -0.05) is 0 Å². The summed E-state index contributed by atoms with van der Waals surface area (Å²) in [4.78, 5) is 0. The van der Waals surface area contributed by atoms with Crippen molar-refractivity contribution in [3.8, 4) is 5.75 Å². The number of aryl methyl sites for hydroxylation is 1. The minimum Gasteiger partial charge on any atom is -0.750 e. The molecule has 0 fully saturated rings. The maximum atomic E-state index is 13.0. The van der Waals surface area contributed by atoms with E-state index in [0.717, 1.165) is 5.56 Å². The van der Waals surface area contributed by atoms with Gasteiger partial charge < -0.3 is 14.4 Å². The quantitative estimate of drug-likeness (QED) is 0.818. The third-order valence-electron chi connectivity index (χ3n) is 2.76. The van der Waals surface area contributed by atoms with Crippen molar-refractivity contribution in [2.45, 2.75) is 25.0 Å². The van der Waals surface area contributed by atoms with Gasteiger partial charge in [-0.25, -0.2) is 8.60 Å². The summed E-state index contributed by atoms with van der Waals surface area (Å²) >= 11 is -2.65. The lowest BCUT2D eigenvalue weighted by Gasteiger charge is -2.29. The lowest BCUT2D eigenvalue weighted by molar-refractivity contribution is -0.00257. The monoisotopic (exact) mass is 275 g/mol. The largest absolute Gasteiger partial charge is 0.750 e. The summed E-state index contributed by atoms with van der Waals surface area (Å²) in [5, 5.41) is 9.71. The van der Waals surface area contributed by atoms with Crippen molar-refractivity contribution in [1.29, 1.82) is 0 Å². The summed E-state index contributed by atoms with van der Waals surface area (Å²) in [6.45, 7) is -0.350. The van der Waals surface area contributed by atoms with Crippen molar-refractivity contribution in [1.82, 2.24) is 0 Å². The van der Waals surface area contributed by atoms with E-state index in [0.29, 0.717) is 18.6 Å². The first-order valence-electron chi connectivity index (χ1n) is 5.42. The van der Waals surface area contributed by atoms with Crippen LogP contribution in [0.5, 0.6) is 5.75 Å². The highest BCUT2D eigenvalue weighted by Gasteiger charge is 2.26. The van der Waals surface area contributed by atoms with Crippen LogP contribution in [-0.2, 0) is 22.0 Å². The number of aliphatic hydroxyl groups is 1. The standard InChI is InChI=1S/C11H13FO5S/c12-8-2-4-10-7(5-8)1-3-11(17-10)9(13)6-16-18(14)15/h2,4-5,9,11,13H,1,3,6H2,(H,14,15)/p-1. The van der Waals surface area contributed by atoms with Gasteiger partial charge >= 0.3 is 0 Å². The summed E-state index contributed by atoms with van der Waals surface area (Å²) in [7, 11) is 0. The average molecular weight is 275 g/mol. The lowest BCUT2D eigenvalue weighted by Crippen LogP contribution is -2.38. The molecule has 0 amide bonds. The summed E-state index contributed by atoms with van der Waals surface area (Å²) in [6, 6.07) is 4.16. The van der Waals surface area contributed by atoms with Gasteiger partial charge in [0.25, 0.3) is 0 Å². The van der Waals surface area contributed by atoms with Crippen LogP contribution in [-0.4, -0.2) is 32.7 Å². The van der Waals surface area contributed by atoms with E-state index in [1.165, 1.54) is 18.2 Å². The molecule has 0 aliphatic carbocycles. The molecule has 2 rings (SSSR count). The molecule has 0 aromatic heterocycles. The Balaban J connectivity index is 1.98. The van der Waals surface area contributed by atoms with Crippen LogP contribution in [0.1, 0.15) is 12.0 Å². The third-order valence-corrected chi connectivity index (χ3v) is 3.09. The Morgan fingerprint density at radius 1 is 1.67 bits per heavy atom. The first kappa shape index (κ1) is 13.4. The molecule has 0 saturated carbocycles. The zero-order valence-corrected chi connectivity index (χ0v) is 10.2. The number of benzene rings is 1. The summed E-state index contributed by atoms with van der Waals surface area (Å²) in [6.07, 6.45) is -0.547. The molecule has 0 radical (unpaired) electrons. The second kappa shape index (κ2) is 5.75. The van der Waals surface area contributed by atoms with Gasteiger partial charge in [-0.15, -0.1) is 0 Å². The van der Waals surface area contributed by atoms with Crippen molar-refractivity contribution in [2.24, 2.45) is 0 Å². The Bertz CT molecular complexity index is 453. The molecule has 3 atom stereocenters. The predicted molar refractivity (Wildman–Crippen MR) is 60.0 cm³/mol. The highest BCUT2D eigenvalue weighted by molar-refractivity contribution is 7.74. The fourth-order valence-electron chi connectivity index (χ4n) is 1.88. The van der Waals surface area contributed by atoms with Gasteiger partial charge in [-0.3, -0.25) is 4.18 Å². The molecule has 0 spiro atoms. The van der Waals surface area contributed by atoms with Crippen LogP contribution < -0.4 is 4.74 Å². The summed E-state index contributed by atoms with van der Waals surface area (Å²) in [5.74, 6) is 0.177. The van der Waals surface area contributed by atoms with Gasteiger partial charge in [-0.2, -0.15) is 0 Å². The molecule has 1 aromatic carbocycles. The minimum atomic E-state index is -2.65. The Morgan fingerprint density at radius 2 is 2.44 bits per heavy atom. The van der Waals surface area contributed by atoms with Gasteiger partial charge in [0.05, 0.1) is 18.0 Å². The maximum absolute atomic E-state index is 13.0. The van der Waals surface area contributed by atoms with Gasteiger partial charge in [0.2, 0.25) is 0 Å². The minimum absolute atomic E-state index is 0.332. The van der Waals surface area contributed by atoms with Gasteiger partial charge in [0, 0.05) is 0 Å². The number of aliphatic hydroxyl groups excluding tert-OH is 1. The Labute approximate surface area is 106 Å². The normalized spacial score (nSPS) is 21.8. The average Bonchev–Trinajstić information content (AvgIpc) is 2.35. The van der Waals surface area contributed by atoms with Crippen LogP contribution in [0.3, 0.4) is 0 Å². The SMILES string of the molecule is O=S([O-])OCC(O)C1CCc2cc(F)ccc2O1. The molecule has 0 saturated heterocycles. The van der Waals surface area contributed by atoms with Crippen LogP contribution in [0.15, 0.2) is 18.2 Å². The van der Waals surface area contributed by atoms with E-state index in [-0.39, 0.29) is 12.4 Å². The van der Waals surface area contributed by atoms with Gasteiger partial charge in [0.1, 0.15) is 23.8 Å². The zero-order chi connectivity index (χ0) is 13.1. The molecule has 0 bridgehead atoms. The highest BCUT2D eigenvalue weighted by atomic mass is 32.2. The van der Waals surface area contributed by atoms with Crippen LogP contribution in [0, 0.1) is 5.82 Å². The third kappa shape index (κ3) is 3.26. The molecular weight excluding hydrogens is 263 g/mol. The number of halogens is 1. The molecule has 1 N–H and O–H groups in total. The van der Waals surface area contributed by atoms with Gasteiger partial charge in [0.15, 0.2) is 0 Å². The van der Waals surface area contributed by atoms with Crippen LogP contribution in [0.4, 0.5) is 4.39 Å². The van der Waals surface area contributed by atoms with E-state index < -0.39 is 23.6 Å². The molecule has 1 aliphatic rings. The van der Waals surface area contributed by atoms with Crippen molar-refractivity contribution in [3.63, 3.8) is 0 Å². The first-order chi connectivity index (χ1) is 8.56. The van der Waals surface area contributed by atoms with Crippen molar-refractivity contribution in [3.05, 3.63) is 29.6 Å². The number of ether oxygens (including phenoxy) is 1. The smallest absolute Gasteiger partial charge is 0.127 e. The molecule has 1 aromatic rings. The first-order valence-corrected chi connectivity index (χ1v) is 6.42. The molecule has 1 aliphatic heterocycles. The van der Waals surface area contributed by atoms with Crippen LogP contribution in [0.25, 0.3) is 0 Å². The van der Waals surface area contributed by atoms with Crippen LogP contribution >= 0.6 is 0 Å². The van der Waals surface area contributed by atoms with E-state index in [2.05, 4.69) is 4.18 Å². The molecule has 18 heavy (non-hydrogen) atoms. The van der Waals surface area contributed by atoms with E-state index in [1.807, 2.05) is 0 Å². The molecule has 1 heterocycles. The van der Waals surface area contributed by atoms with Crippen molar-refractivity contribution in [2.75, 3.05) is 6.61 Å². The van der Waals surface area contributed by atoms with E-state index in [1.54, 1.807) is 0 Å². The highest BCUT2D eigenvalue weighted by Crippen LogP contribution is 2.29. The molecule has 3 unspecified atom stereocenters. The number of hydrogen-bond donors (Lipinski definition) is 1. The zero-order valence-electron chi connectivity index (χ0n) is 9.37. The van der Waals surface area contributed by atoms with Crippen molar-refractivity contribution < 1.29 is 27.2 Å². The molecule has 5 nitrogen and oxygen atoms in total. The lowest BCUT2D eigenvalue weighted by atomic mass is 9.99. The van der Waals surface area contributed by atoms with Crippen molar-refractivity contribution >= 4 is 11.4 Å². The number of fused-ring (bicyclic) bond motifs is 1. The Kier molecular flexibility index (Phi) is 4.28. The molecule has 100 valence electrons. The van der Waals surface area contributed by atoms with Gasteiger partial charge in [-0.05, 0) is 36.6 Å². The molecule has 7 heteroatoms. The second-order valence-corrected chi connectivity index (χ2v) is 4.65. The van der Waals surface area contributed by atoms with E-state index in [4.69, 9.17) is 4.74 Å².